The summed E-state index contributed by atoms with van der Waals surface area (Å²) in [4.78, 5) is 25.0. The van der Waals surface area contributed by atoms with E-state index in [0.717, 1.165) is 10.4 Å². The van der Waals surface area contributed by atoms with Gasteiger partial charge in [0.2, 0.25) is 11.8 Å². The van der Waals surface area contributed by atoms with Crippen LogP contribution in [0, 0.1) is 6.92 Å². The molecule has 0 spiro atoms. The third-order valence-corrected chi connectivity index (χ3v) is 4.76. The van der Waals surface area contributed by atoms with Gasteiger partial charge in [-0.15, -0.1) is 11.3 Å². The molecule has 0 radical (unpaired) electrons. The molecule has 25 heavy (non-hydrogen) atoms. The summed E-state index contributed by atoms with van der Waals surface area (Å²) in [6.45, 7) is 6.26. The van der Waals surface area contributed by atoms with Crippen molar-refractivity contribution >= 4 is 23.2 Å². The summed E-state index contributed by atoms with van der Waals surface area (Å²) in [6.07, 6.45) is 0. The normalized spacial score (nSPS) is 13.1. The van der Waals surface area contributed by atoms with Gasteiger partial charge in [-0.05, 0) is 37.8 Å². The van der Waals surface area contributed by atoms with Crippen molar-refractivity contribution in [3.05, 3.63) is 57.8 Å². The molecular formula is C19H25N3O2S. The Labute approximate surface area is 152 Å². The molecule has 0 unspecified atom stereocenters. The molecule has 1 aromatic carbocycles. The van der Waals surface area contributed by atoms with Gasteiger partial charge in [0.15, 0.2) is 0 Å². The van der Waals surface area contributed by atoms with Crippen LogP contribution in [0.25, 0.3) is 0 Å². The van der Waals surface area contributed by atoms with Crippen molar-refractivity contribution in [3.8, 4) is 0 Å². The quantitative estimate of drug-likeness (QED) is 0.678. The Balaban J connectivity index is 1.99. The Kier molecular flexibility index (Phi) is 7.16. The molecule has 0 saturated heterocycles. The predicted octanol–water partition coefficient (Wildman–Crippen LogP) is 2.38. The molecule has 0 saturated carbocycles. The van der Waals surface area contributed by atoms with E-state index in [9.17, 15) is 9.59 Å². The van der Waals surface area contributed by atoms with Crippen molar-refractivity contribution in [2.24, 2.45) is 0 Å². The van der Waals surface area contributed by atoms with Gasteiger partial charge < -0.3 is 10.6 Å². The van der Waals surface area contributed by atoms with E-state index in [0.29, 0.717) is 6.54 Å². The van der Waals surface area contributed by atoms with Gasteiger partial charge >= 0.3 is 0 Å². The van der Waals surface area contributed by atoms with Crippen LogP contribution in [0.5, 0.6) is 0 Å². The molecule has 5 nitrogen and oxygen atoms in total. The van der Waals surface area contributed by atoms with E-state index in [1.807, 2.05) is 25.3 Å². The van der Waals surface area contributed by atoms with Crippen molar-refractivity contribution in [1.82, 2.24) is 16.0 Å². The predicted molar refractivity (Wildman–Crippen MR) is 102 cm³/mol. The molecule has 3 N–H and O–H groups in total. The first-order chi connectivity index (χ1) is 12.0. The topological polar surface area (TPSA) is 70.2 Å². The van der Waals surface area contributed by atoms with Gasteiger partial charge in [0.1, 0.15) is 6.04 Å². The lowest BCUT2D eigenvalue weighted by atomic mass is 10.0. The zero-order valence-electron chi connectivity index (χ0n) is 14.8. The maximum Gasteiger partial charge on any atom is 0.242 e. The Morgan fingerprint density at radius 2 is 1.88 bits per heavy atom. The molecular weight excluding hydrogens is 334 g/mol. The second-order valence-corrected chi connectivity index (χ2v) is 6.90. The van der Waals surface area contributed by atoms with E-state index in [1.54, 1.807) is 18.3 Å². The van der Waals surface area contributed by atoms with E-state index >= 15 is 0 Å². The highest BCUT2D eigenvalue weighted by molar-refractivity contribution is 7.10. The number of thiophene rings is 1. The van der Waals surface area contributed by atoms with E-state index in [4.69, 9.17) is 0 Å². The van der Waals surface area contributed by atoms with Crippen molar-refractivity contribution in [1.29, 1.82) is 0 Å². The summed E-state index contributed by atoms with van der Waals surface area (Å²) in [7, 11) is 0. The molecule has 6 heteroatoms. The molecule has 2 rings (SSSR count). The molecule has 0 aliphatic carbocycles. The second-order valence-electron chi connectivity index (χ2n) is 5.92. The number of benzene rings is 1. The van der Waals surface area contributed by atoms with Crippen LogP contribution in [0.4, 0.5) is 0 Å². The number of hydrogen-bond acceptors (Lipinski definition) is 4. The lowest BCUT2D eigenvalue weighted by Gasteiger charge is -2.19. The van der Waals surface area contributed by atoms with Gasteiger partial charge in [-0.3, -0.25) is 14.9 Å². The highest BCUT2D eigenvalue weighted by atomic mass is 32.1. The lowest BCUT2D eigenvalue weighted by molar-refractivity contribution is -0.128. The van der Waals surface area contributed by atoms with Crippen LogP contribution in [0.15, 0.2) is 41.8 Å². The Morgan fingerprint density at radius 1 is 1.16 bits per heavy atom. The minimum atomic E-state index is -0.547. The minimum absolute atomic E-state index is 0.0499. The second kappa shape index (κ2) is 9.34. The van der Waals surface area contributed by atoms with Gasteiger partial charge in [0, 0.05) is 11.4 Å². The standard InChI is InChI=1S/C19H25N3O2S/c1-4-20-19(24)14(3)22-17(23)12-21-18(16-6-5-11-25-16)15-9-7-13(2)8-10-15/h5-11,14,18,21H,4,12H2,1-3H3,(H,20,24)(H,22,23)/t14-,18-/m0/s1. The van der Waals surface area contributed by atoms with Crippen LogP contribution >= 0.6 is 11.3 Å². The van der Waals surface area contributed by atoms with Gasteiger partial charge in [-0.25, -0.2) is 0 Å². The number of carbonyl (C=O) groups excluding carboxylic acids is 2. The lowest BCUT2D eigenvalue weighted by Crippen LogP contribution is -2.47. The van der Waals surface area contributed by atoms with Crippen molar-refractivity contribution in [3.63, 3.8) is 0 Å². The maximum atomic E-state index is 12.2. The first-order valence-corrected chi connectivity index (χ1v) is 9.29. The zero-order valence-corrected chi connectivity index (χ0v) is 15.7. The molecule has 0 fully saturated rings. The van der Waals surface area contributed by atoms with Crippen LogP contribution in [-0.2, 0) is 9.59 Å². The smallest absolute Gasteiger partial charge is 0.242 e. The number of likely N-dealkylation sites (N-methyl/N-ethyl adjacent to an activating group) is 1. The third-order valence-electron chi connectivity index (χ3n) is 3.83. The highest BCUT2D eigenvalue weighted by Gasteiger charge is 2.18. The average molecular weight is 359 g/mol. The summed E-state index contributed by atoms with van der Waals surface area (Å²) < 4.78 is 0. The number of aryl methyl sites for hydroxylation is 1. The number of amides is 2. The molecule has 2 amide bonds. The summed E-state index contributed by atoms with van der Waals surface area (Å²) >= 11 is 1.65. The van der Waals surface area contributed by atoms with Crippen LogP contribution < -0.4 is 16.0 Å². The van der Waals surface area contributed by atoms with Crippen LogP contribution in [0.2, 0.25) is 0 Å². The summed E-state index contributed by atoms with van der Waals surface area (Å²) in [5, 5.41) is 10.7. The van der Waals surface area contributed by atoms with Crippen LogP contribution in [-0.4, -0.2) is 30.9 Å². The largest absolute Gasteiger partial charge is 0.355 e. The van der Waals surface area contributed by atoms with Gasteiger partial charge in [0.05, 0.1) is 12.6 Å². The number of carbonyl (C=O) groups is 2. The number of hydrogen-bond donors (Lipinski definition) is 3. The van der Waals surface area contributed by atoms with E-state index < -0.39 is 6.04 Å². The summed E-state index contributed by atoms with van der Waals surface area (Å²) in [5.74, 6) is -0.378. The fourth-order valence-corrected chi connectivity index (χ4v) is 3.30. The first-order valence-electron chi connectivity index (χ1n) is 8.41. The molecule has 1 heterocycles. The van der Waals surface area contributed by atoms with E-state index in [-0.39, 0.29) is 24.4 Å². The highest BCUT2D eigenvalue weighted by Crippen LogP contribution is 2.26. The average Bonchev–Trinajstić information content (AvgIpc) is 3.11. The molecule has 0 aliphatic heterocycles. The maximum absolute atomic E-state index is 12.2. The van der Waals surface area contributed by atoms with E-state index in [1.165, 1.54) is 5.56 Å². The van der Waals surface area contributed by atoms with Crippen LogP contribution in [0.3, 0.4) is 0 Å². The van der Waals surface area contributed by atoms with Crippen molar-refractivity contribution in [2.45, 2.75) is 32.9 Å². The van der Waals surface area contributed by atoms with Crippen molar-refractivity contribution in [2.75, 3.05) is 13.1 Å². The Bertz CT molecular complexity index is 683. The first kappa shape index (κ1) is 19.1. The van der Waals surface area contributed by atoms with E-state index in [2.05, 4.69) is 46.3 Å². The van der Waals surface area contributed by atoms with Gasteiger partial charge in [-0.1, -0.05) is 35.9 Å². The van der Waals surface area contributed by atoms with Crippen LogP contribution in [0.1, 0.15) is 35.9 Å². The number of rotatable bonds is 8. The van der Waals surface area contributed by atoms with Gasteiger partial charge in [-0.2, -0.15) is 0 Å². The number of nitrogens with one attached hydrogen (secondary N) is 3. The molecule has 0 bridgehead atoms. The molecule has 2 atom stereocenters. The molecule has 0 aliphatic rings. The zero-order chi connectivity index (χ0) is 18.2. The molecule has 2 aromatic rings. The third kappa shape index (κ3) is 5.69. The minimum Gasteiger partial charge on any atom is -0.355 e. The Morgan fingerprint density at radius 3 is 2.48 bits per heavy atom. The molecule has 134 valence electrons. The van der Waals surface area contributed by atoms with Gasteiger partial charge in [0.25, 0.3) is 0 Å². The monoisotopic (exact) mass is 359 g/mol. The summed E-state index contributed by atoms with van der Waals surface area (Å²) in [5.41, 5.74) is 2.31. The van der Waals surface area contributed by atoms with Crippen molar-refractivity contribution < 1.29 is 9.59 Å². The summed E-state index contributed by atoms with van der Waals surface area (Å²) in [6, 6.07) is 11.7. The SMILES string of the molecule is CCNC(=O)[C@H](C)NC(=O)CN[C@@H](c1ccc(C)cc1)c1cccs1. The fraction of sp³-hybridized carbons (Fsp3) is 0.368. The Hall–Kier alpha value is -2.18. The fourth-order valence-electron chi connectivity index (χ4n) is 2.48. The molecule has 1 aromatic heterocycles.